The van der Waals surface area contributed by atoms with Crippen LogP contribution in [-0.4, -0.2) is 10.2 Å². The van der Waals surface area contributed by atoms with Crippen molar-refractivity contribution in [2.24, 2.45) is 0 Å². The van der Waals surface area contributed by atoms with Gasteiger partial charge in [-0.3, -0.25) is 0 Å². The summed E-state index contributed by atoms with van der Waals surface area (Å²) in [4.78, 5) is 0. The molecule has 0 spiro atoms. The van der Waals surface area contributed by atoms with Crippen LogP contribution in [-0.2, 0) is 0 Å². The molecule has 2 N–H and O–H groups in total. The molecule has 0 aliphatic carbocycles. The Morgan fingerprint density at radius 2 is 0.833 bits per heavy atom. The lowest BCUT2D eigenvalue weighted by atomic mass is 9.94. The molecule has 0 aliphatic rings. The van der Waals surface area contributed by atoms with Gasteiger partial charge in [-0.2, -0.15) is 0 Å². The van der Waals surface area contributed by atoms with Gasteiger partial charge in [-0.05, 0) is 60.7 Å². The lowest BCUT2D eigenvalue weighted by molar-refractivity contribution is 0.474. The third kappa shape index (κ3) is 4.53. The number of hydrogen-bond acceptors (Lipinski definition) is 2. The number of phenols is 2. The zero-order valence-corrected chi connectivity index (χ0v) is 16.1. The molecule has 0 fully saturated rings. The summed E-state index contributed by atoms with van der Waals surface area (Å²) in [6.45, 7) is 0. The second-order valence-electron chi connectivity index (χ2n) is 6.69. The molecule has 0 radical (unpaired) electrons. The predicted molar refractivity (Wildman–Crippen MR) is 120 cm³/mol. The molecule has 0 aromatic heterocycles. The minimum Gasteiger partial charge on any atom is -0.508 e. The van der Waals surface area contributed by atoms with Crippen LogP contribution >= 0.6 is 0 Å². The summed E-state index contributed by atoms with van der Waals surface area (Å²) in [5.74, 6) is 12.9. The predicted octanol–water partition coefficient (Wildman–Crippen LogP) is 5.56. The highest BCUT2D eigenvalue weighted by Gasteiger charge is 2.10. The van der Waals surface area contributed by atoms with Gasteiger partial charge in [0.25, 0.3) is 0 Å². The summed E-state index contributed by atoms with van der Waals surface area (Å²) in [6.07, 6.45) is 0. The number of rotatable bonds is 1. The van der Waals surface area contributed by atoms with Crippen molar-refractivity contribution in [3.05, 3.63) is 119 Å². The molecule has 4 aromatic carbocycles. The first-order chi connectivity index (χ1) is 14.7. The number of phenolic OH excluding ortho intramolecular Hbond substituents is 2. The smallest absolute Gasteiger partial charge is 0.116 e. The molecule has 0 saturated carbocycles. The SMILES string of the molecule is Oc1ccc(C#Cc2ccccc2)c(-c2cc(O)ccc2C#Cc2ccccc2)c1. The van der Waals surface area contributed by atoms with Gasteiger partial charge in [0.1, 0.15) is 11.5 Å². The van der Waals surface area contributed by atoms with Gasteiger partial charge in [0.05, 0.1) is 0 Å². The molecule has 2 nitrogen and oxygen atoms in total. The van der Waals surface area contributed by atoms with E-state index in [1.165, 1.54) is 0 Å². The van der Waals surface area contributed by atoms with Crippen molar-refractivity contribution in [2.45, 2.75) is 0 Å². The van der Waals surface area contributed by atoms with Crippen LogP contribution in [0.15, 0.2) is 97.1 Å². The number of aromatic hydroxyl groups is 2. The highest BCUT2D eigenvalue weighted by atomic mass is 16.3. The molecule has 0 amide bonds. The fraction of sp³-hybridized carbons (Fsp3) is 0. The van der Waals surface area contributed by atoms with Crippen molar-refractivity contribution in [1.29, 1.82) is 0 Å². The summed E-state index contributed by atoms with van der Waals surface area (Å²) in [7, 11) is 0. The van der Waals surface area contributed by atoms with Crippen LogP contribution in [0.25, 0.3) is 11.1 Å². The van der Waals surface area contributed by atoms with Crippen LogP contribution in [0.1, 0.15) is 22.3 Å². The van der Waals surface area contributed by atoms with Crippen LogP contribution in [0.4, 0.5) is 0 Å². The Bertz CT molecular complexity index is 1190. The number of benzene rings is 4. The van der Waals surface area contributed by atoms with Crippen LogP contribution in [0, 0.1) is 23.7 Å². The third-order valence-electron chi connectivity index (χ3n) is 4.53. The second kappa shape index (κ2) is 8.74. The Kier molecular flexibility index (Phi) is 5.52. The van der Waals surface area contributed by atoms with Crippen molar-refractivity contribution in [1.82, 2.24) is 0 Å². The van der Waals surface area contributed by atoms with Gasteiger partial charge in [0.15, 0.2) is 0 Å². The zero-order valence-electron chi connectivity index (χ0n) is 16.1. The third-order valence-corrected chi connectivity index (χ3v) is 4.53. The molecule has 0 heterocycles. The van der Waals surface area contributed by atoms with Gasteiger partial charge in [-0.15, -0.1) is 0 Å². The summed E-state index contributed by atoms with van der Waals surface area (Å²) < 4.78 is 0. The largest absolute Gasteiger partial charge is 0.508 e. The van der Waals surface area contributed by atoms with Crippen molar-refractivity contribution in [3.8, 4) is 46.3 Å². The Balaban J connectivity index is 1.83. The van der Waals surface area contributed by atoms with E-state index in [4.69, 9.17) is 0 Å². The highest BCUT2D eigenvalue weighted by Crippen LogP contribution is 2.32. The summed E-state index contributed by atoms with van der Waals surface area (Å²) >= 11 is 0. The first-order valence-electron chi connectivity index (χ1n) is 9.49. The quantitative estimate of drug-likeness (QED) is 0.420. The highest BCUT2D eigenvalue weighted by molar-refractivity contribution is 5.79. The maximum Gasteiger partial charge on any atom is 0.116 e. The van der Waals surface area contributed by atoms with E-state index in [1.807, 2.05) is 60.7 Å². The maximum atomic E-state index is 10.1. The first-order valence-corrected chi connectivity index (χ1v) is 9.49. The monoisotopic (exact) mass is 386 g/mol. The van der Waals surface area contributed by atoms with Crippen LogP contribution in [0.5, 0.6) is 11.5 Å². The lowest BCUT2D eigenvalue weighted by Crippen LogP contribution is -1.89. The lowest BCUT2D eigenvalue weighted by Gasteiger charge is -2.09. The molecule has 0 saturated heterocycles. The zero-order chi connectivity index (χ0) is 20.8. The molecule has 0 atom stereocenters. The van der Waals surface area contributed by atoms with E-state index >= 15 is 0 Å². The van der Waals surface area contributed by atoms with E-state index in [0.717, 1.165) is 22.3 Å². The Morgan fingerprint density at radius 1 is 0.433 bits per heavy atom. The van der Waals surface area contributed by atoms with E-state index in [-0.39, 0.29) is 11.5 Å². The Morgan fingerprint density at radius 3 is 1.23 bits per heavy atom. The van der Waals surface area contributed by atoms with Crippen LogP contribution in [0.2, 0.25) is 0 Å². The van der Waals surface area contributed by atoms with E-state index in [1.54, 1.807) is 36.4 Å². The fourth-order valence-corrected chi connectivity index (χ4v) is 3.05. The Labute approximate surface area is 176 Å². The normalized spacial score (nSPS) is 9.73. The van der Waals surface area contributed by atoms with E-state index < -0.39 is 0 Å². The van der Waals surface area contributed by atoms with Crippen molar-refractivity contribution < 1.29 is 10.2 Å². The average molecular weight is 386 g/mol. The van der Waals surface area contributed by atoms with Gasteiger partial charge >= 0.3 is 0 Å². The van der Waals surface area contributed by atoms with Crippen molar-refractivity contribution in [3.63, 3.8) is 0 Å². The molecular weight excluding hydrogens is 368 g/mol. The van der Waals surface area contributed by atoms with Crippen LogP contribution < -0.4 is 0 Å². The number of hydrogen-bond donors (Lipinski definition) is 2. The minimum atomic E-state index is 0.126. The van der Waals surface area contributed by atoms with Gasteiger partial charge in [0.2, 0.25) is 0 Å². The van der Waals surface area contributed by atoms with E-state index in [9.17, 15) is 10.2 Å². The standard InChI is InChI=1S/C28H18O2/c29-25-17-15-23(13-11-21-7-3-1-4-8-21)27(19-25)28-20-26(30)18-16-24(28)14-12-22-9-5-2-6-10-22/h1-10,15-20,29-30H. The molecule has 142 valence electrons. The van der Waals surface area contributed by atoms with Gasteiger partial charge in [-0.1, -0.05) is 60.1 Å². The molecule has 0 aliphatic heterocycles. The van der Waals surface area contributed by atoms with E-state index in [0.29, 0.717) is 11.1 Å². The molecule has 0 bridgehead atoms. The van der Waals surface area contributed by atoms with E-state index in [2.05, 4.69) is 23.7 Å². The second-order valence-corrected chi connectivity index (χ2v) is 6.69. The average Bonchev–Trinajstić information content (AvgIpc) is 2.79. The summed E-state index contributed by atoms with van der Waals surface area (Å²) in [5, 5.41) is 20.2. The van der Waals surface area contributed by atoms with Gasteiger partial charge < -0.3 is 10.2 Å². The minimum absolute atomic E-state index is 0.126. The van der Waals surface area contributed by atoms with Crippen molar-refractivity contribution >= 4 is 0 Å². The van der Waals surface area contributed by atoms with Crippen molar-refractivity contribution in [2.75, 3.05) is 0 Å². The molecule has 0 unspecified atom stereocenters. The topological polar surface area (TPSA) is 40.5 Å². The Hall–Kier alpha value is -4.40. The fourth-order valence-electron chi connectivity index (χ4n) is 3.05. The summed E-state index contributed by atoms with van der Waals surface area (Å²) in [5.41, 5.74) is 4.71. The molecule has 30 heavy (non-hydrogen) atoms. The summed E-state index contributed by atoms with van der Waals surface area (Å²) in [6, 6.07) is 29.5. The van der Waals surface area contributed by atoms with Gasteiger partial charge in [0, 0.05) is 33.4 Å². The molecule has 4 aromatic rings. The van der Waals surface area contributed by atoms with Gasteiger partial charge in [-0.25, -0.2) is 0 Å². The maximum absolute atomic E-state index is 10.1. The molecule has 4 rings (SSSR count). The van der Waals surface area contributed by atoms with Crippen LogP contribution in [0.3, 0.4) is 0 Å². The first kappa shape index (κ1) is 18.9. The molecule has 2 heteroatoms. The molecular formula is C28H18O2.